The summed E-state index contributed by atoms with van der Waals surface area (Å²) in [5, 5.41) is 5.29. The molecule has 0 aromatic heterocycles. The summed E-state index contributed by atoms with van der Waals surface area (Å²) in [6.07, 6.45) is 0.415. The number of carbonyl (C=O) groups is 3. The van der Waals surface area contributed by atoms with Gasteiger partial charge in [0.2, 0.25) is 5.91 Å². The Balaban J connectivity index is 1.90. The zero-order valence-electron chi connectivity index (χ0n) is 16.1. The summed E-state index contributed by atoms with van der Waals surface area (Å²) in [5.74, 6) is -0.590. The second kappa shape index (κ2) is 10.9. The minimum absolute atomic E-state index is 0.115. The summed E-state index contributed by atoms with van der Waals surface area (Å²) in [6, 6.07) is 17.2. The highest BCUT2D eigenvalue weighted by Crippen LogP contribution is 2.07. The third-order valence-electron chi connectivity index (χ3n) is 4.23. The molecule has 0 spiro atoms. The van der Waals surface area contributed by atoms with Crippen LogP contribution < -0.4 is 10.6 Å². The van der Waals surface area contributed by atoms with Gasteiger partial charge < -0.3 is 20.2 Å². The molecule has 2 rings (SSSR count). The summed E-state index contributed by atoms with van der Waals surface area (Å²) >= 11 is 0. The lowest BCUT2D eigenvalue weighted by atomic mass is 10.0. The van der Waals surface area contributed by atoms with E-state index in [1.807, 2.05) is 74.5 Å². The van der Waals surface area contributed by atoms with E-state index in [1.165, 1.54) is 0 Å². The van der Waals surface area contributed by atoms with Crippen molar-refractivity contribution in [1.82, 2.24) is 10.6 Å². The van der Waals surface area contributed by atoms with E-state index in [9.17, 15) is 14.4 Å². The van der Waals surface area contributed by atoms with Crippen molar-refractivity contribution in [2.75, 3.05) is 0 Å². The van der Waals surface area contributed by atoms with Crippen LogP contribution in [0.1, 0.15) is 25.0 Å². The van der Waals surface area contributed by atoms with Gasteiger partial charge in [0.25, 0.3) is 0 Å². The van der Waals surface area contributed by atoms with Crippen LogP contribution in [0, 0.1) is 5.92 Å². The Labute approximate surface area is 165 Å². The molecule has 0 aliphatic rings. The highest BCUT2D eigenvalue weighted by atomic mass is 16.5. The van der Waals surface area contributed by atoms with Gasteiger partial charge in [0.1, 0.15) is 18.9 Å². The summed E-state index contributed by atoms with van der Waals surface area (Å²) in [7, 11) is 0. The molecule has 0 saturated carbocycles. The van der Waals surface area contributed by atoms with Crippen LogP contribution in [-0.2, 0) is 27.4 Å². The van der Waals surface area contributed by atoms with Crippen molar-refractivity contribution in [3.05, 3.63) is 71.8 Å². The standard InChI is InChI=1S/C22H26N2O4/c1-16(2)20(24-22(27)28-15-18-11-7-4-8-12-18)21(26)23-19(14-25)13-17-9-5-3-6-10-17/h3-12,14,16,19-20H,13,15H2,1-2H3,(H,23,26)(H,24,27)/t19-,20+/m0/s1. The maximum absolute atomic E-state index is 12.6. The van der Waals surface area contributed by atoms with E-state index >= 15 is 0 Å². The first-order valence-electron chi connectivity index (χ1n) is 9.26. The first kappa shape index (κ1) is 21.2. The molecule has 28 heavy (non-hydrogen) atoms. The number of alkyl carbamates (subject to hydrolysis) is 1. The monoisotopic (exact) mass is 382 g/mol. The molecule has 148 valence electrons. The highest BCUT2D eigenvalue weighted by Gasteiger charge is 2.26. The van der Waals surface area contributed by atoms with Crippen LogP contribution in [0.5, 0.6) is 0 Å². The molecular formula is C22H26N2O4. The smallest absolute Gasteiger partial charge is 0.408 e. The number of aldehydes is 1. The molecular weight excluding hydrogens is 356 g/mol. The van der Waals surface area contributed by atoms with E-state index in [2.05, 4.69) is 10.6 Å². The van der Waals surface area contributed by atoms with Gasteiger partial charge in [-0.2, -0.15) is 0 Å². The van der Waals surface area contributed by atoms with Crippen molar-refractivity contribution in [2.24, 2.45) is 5.92 Å². The first-order valence-corrected chi connectivity index (χ1v) is 9.26. The molecule has 0 saturated heterocycles. The van der Waals surface area contributed by atoms with Gasteiger partial charge in [-0.1, -0.05) is 74.5 Å². The second-order valence-corrected chi connectivity index (χ2v) is 6.87. The summed E-state index contributed by atoms with van der Waals surface area (Å²) < 4.78 is 5.19. The van der Waals surface area contributed by atoms with Gasteiger partial charge >= 0.3 is 6.09 Å². The third kappa shape index (κ3) is 6.87. The molecule has 0 radical (unpaired) electrons. The van der Waals surface area contributed by atoms with Gasteiger partial charge in [0.05, 0.1) is 6.04 Å². The lowest BCUT2D eigenvalue weighted by Gasteiger charge is -2.23. The number of nitrogens with one attached hydrogen (secondary N) is 2. The fourth-order valence-electron chi connectivity index (χ4n) is 2.70. The quantitative estimate of drug-likeness (QED) is 0.653. The molecule has 2 amide bonds. The Morgan fingerprint density at radius 2 is 1.50 bits per heavy atom. The SMILES string of the molecule is CC(C)[C@@H](NC(=O)OCc1ccccc1)C(=O)N[C@H](C=O)Cc1ccccc1. The van der Waals surface area contributed by atoms with Gasteiger partial charge in [0, 0.05) is 0 Å². The van der Waals surface area contributed by atoms with Gasteiger partial charge in [-0.15, -0.1) is 0 Å². The minimum atomic E-state index is -0.804. The van der Waals surface area contributed by atoms with Crippen molar-refractivity contribution in [3.8, 4) is 0 Å². The van der Waals surface area contributed by atoms with Crippen LogP contribution in [0.25, 0.3) is 0 Å². The molecule has 0 heterocycles. The fraction of sp³-hybridized carbons (Fsp3) is 0.318. The Morgan fingerprint density at radius 1 is 0.929 bits per heavy atom. The number of hydrogen-bond acceptors (Lipinski definition) is 4. The van der Waals surface area contributed by atoms with Crippen LogP contribution in [0.4, 0.5) is 4.79 Å². The average Bonchev–Trinajstić information content (AvgIpc) is 2.71. The van der Waals surface area contributed by atoms with Gasteiger partial charge in [-0.25, -0.2) is 4.79 Å². The molecule has 2 aromatic carbocycles. The number of carbonyl (C=O) groups excluding carboxylic acids is 3. The van der Waals surface area contributed by atoms with Gasteiger partial charge in [0.15, 0.2) is 0 Å². The first-order chi connectivity index (χ1) is 13.5. The normalized spacial score (nSPS) is 12.7. The number of rotatable bonds is 9. The molecule has 0 bridgehead atoms. The molecule has 0 unspecified atom stereocenters. The molecule has 2 aromatic rings. The number of benzene rings is 2. The molecule has 2 N–H and O–H groups in total. The lowest BCUT2D eigenvalue weighted by Crippen LogP contribution is -2.52. The summed E-state index contributed by atoms with van der Waals surface area (Å²) in [6.45, 7) is 3.74. The van der Waals surface area contributed by atoms with Crippen LogP contribution in [0.15, 0.2) is 60.7 Å². The predicted octanol–water partition coefficient (Wildman–Crippen LogP) is 2.86. The van der Waals surface area contributed by atoms with Crippen molar-refractivity contribution < 1.29 is 19.1 Å². The van der Waals surface area contributed by atoms with Crippen molar-refractivity contribution in [2.45, 2.75) is 39.0 Å². The highest BCUT2D eigenvalue weighted by molar-refractivity contribution is 5.87. The number of ether oxygens (including phenoxy) is 1. The molecule has 6 heteroatoms. The topological polar surface area (TPSA) is 84.5 Å². The Morgan fingerprint density at radius 3 is 2.04 bits per heavy atom. The maximum atomic E-state index is 12.6. The van der Waals surface area contributed by atoms with E-state index in [-0.39, 0.29) is 12.5 Å². The third-order valence-corrected chi connectivity index (χ3v) is 4.23. The maximum Gasteiger partial charge on any atom is 0.408 e. The van der Waals surface area contributed by atoms with Crippen molar-refractivity contribution >= 4 is 18.3 Å². The number of amides is 2. The number of hydrogen-bond donors (Lipinski definition) is 2. The van der Waals surface area contributed by atoms with E-state index in [1.54, 1.807) is 0 Å². The summed E-state index contributed by atoms with van der Waals surface area (Å²) in [5.41, 5.74) is 1.79. The molecule has 0 aliphatic carbocycles. The van der Waals surface area contributed by atoms with Crippen LogP contribution in [0.2, 0.25) is 0 Å². The molecule has 0 aliphatic heterocycles. The van der Waals surface area contributed by atoms with Crippen LogP contribution >= 0.6 is 0 Å². The van der Waals surface area contributed by atoms with Crippen molar-refractivity contribution in [1.29, 1.82) is 0 Å². The Bertz CT molecular complexity index is 763. The van der Waals surface area contributed by atoms with E-state index < -0.39 is 24.1 Å². The molecule has 2 atom stereocenters. The Hall–Kier alpha value is -3.15. The van der Waals surface area contributed by atoms with E-state index in [0.29, 0.717) is 12.7 Å². The predicted molar refractivity (Wildman–Crippen MR) is 107 cm³/mol. The zero-order valence-corrected chi connectivity index (χ0v) is 16.1. The van der Waals surface area contributed by atoms with E-state index in [4.69, 9.17) is 4.74 Å². The largest absolute Gasteiger partial charge is 0.445 e. The van der Waals surface area contributed by atoms with Crippen LogP contribution in [0.3, 0.4) is 0 Å². The minimum Gasteiger partial charge on any atom is -0.445 e. The Kier molecular flexibility index (Phi) is 8.21. The van der Waals surface area contributed by atoms with Gasteiger partial charge in [-0.05, 0) is 23.5 Å². The van der Waals surface area contributed by atoms with Crippen molar-refractivity contribution in [3.63, 3.8) is 0 Å². The fourth-order valence-corrected chi connectivity index (χ4v) is 2.70. The van der Waals surface area contributed by atoms with Gasteiger partial charge in [-0.3, -0.25) is 4.79 Å². The second-order valence-electron chi connectivity index (χ2n) is 6.87. The lowest BCUT2D eigenvalue weighted by molar-refractivity contribution is -0.126. The zero-order chi connectivity index (χ0) is 20.4. The molecule has 6 nitrogen and oxygen atoms in total. The molecule has 0 fully saturated rings. The van der Waals surface area contributed by atoms with E-state index in [0.717, 1.165) is 11.1 Å². The summed E-state index contributed by atoms with van der Waals surface area (Å²) in [4.78, 5) is 36.1. The average molecular weight is 382 g/mol. The van der Waals surface area contributed by atoms with Crippen LogP contribution in [-0.4, -0.2) is 30.4 Å².